The molecule has 1 heterocycles. The molecule has 2 unspecified atom stereocenters. The fraction of sp³-hybridized carbons (Fsp3) is 1.00. The van der Waals surface area contributed by atoms with E-state index in [4.69, 9.17) is 5.73 Å². The molecular formula is C17H36N2. The minimum Gasteiger partial charge on any atom is -0.329 e. The van der Waals surface area contributed by atoms with Gasteiger partial charge in [0.25, 0.3) is 0 Å². The molecule has 0 aromatic rings. The van der Waals surface area contributed by atoms with Gasteiger partial charge in [-0.3, -0.25) is 4.90 Å². The molecule has 0 aliphatic carbocycles. The van der Waals surface area contributed by atoms with Crippen molar-refractivity contribution in [2.45, 2.75) is 84.1 Å². The maximum Gasteiger partial charge on any atom is 0.0218 e. The molecule has 2 N–H and O–H groups in total. The molecule has 1 rings (SSSR count). The van der Waals surface area contributed by atoms with Gasteiger partial charge in [-0.2, -0.15) is 0 Å². The van der Waals surface area contributed by atoms with Crippen molar-refractivity contribution in [1.29, 1.82) is 0 Å². The van der Waals surface area contributed by atoms with Crippen molar-refractivity contribution in [3.8, 4) is 0 Å². The summed E-state index contributed by atoms with van der Waals surface area (Å²) in [5, 5.41) is 0. The van der Waals surface area contributed by atoms with E-state index in [1.165, 1.54) is 77.3 Å². The number of nitrogens with zero attached hydrogens (tertiary/aromatic N) is 1. The summed E-state index contributed by atoms with van der Waals surface area (Å²) in [5.41, 5.74) is 6.02. The van der Waals surface area contributed by atoms with Crippen molar-refractivity contribution >= 4 is 0 Å². The predicted molar refractivity (Wildman–Crippen MR) is 85.4 cm³/mol. The normalized spacial score (nSPS) is 23.2. The maximum atomic E-state index is 6.02. The Hall–Kier alpha value is -0.0800. The van der Waals surface area contributed by atoms with Gasteiger partial charge in [-0.15, -0.1) is 0 Å². The quantitative estimate of drug-likeness (QED) is 0.635. The Morgan fingerprint density at radius 1 is 1.05 bits per heavy atom. The Morgan fingerprint density at radius 2 is 1.84 bits per heavy atom. The zero-order chi connectivity index (χ0) is 13.9. The van der Waals surface area contributed by atoms with Gasteiger partial charge in [-0.1, -0.05) is 52.4 Å². The van der Waals surface area contributed by atoms with Gasteiger partial charge >= 0.3 is 0 Å². The van der Waals surface area contributed by atoms with E-state index < -0.39 is 0 Å². The second kappa shape index (κ2) is 10.7. The first-order valence-corrected chi connectivity index (χ1v) is 8.75. The highest BCUT2D eigenvalue weighted by molar-refractivity contribution is 4.77. The van der Waals surface area contributed by atoms with Gasteiger partial charge in [0.15, 0.2) is 0 Å². The Labute approximate surface area is 121 Å². The number of hydrogen-bond donors (Lipinski definition) is 1. The molecule has 19 heavy (non-hydrogen) atoms. The van der Waals surface area contributed by atoms with Crippen LogP contribution < -0.4 is 5.73 Å². The van der Waals surface area contributed by atoms with Gasteiger partial charge < -0.3 is 5.73 Å². The first-order chi connectivity index (χ1) is 9.31. The van der Waals surface area contributed by atoms with Crippen LogP contribution in [0, 0.1) is 5.92 Å². The van der Waals surface area contributed by atoms with Crippen molar-refractivity contribution in [3.63, 3.8) is 0 Å². The number of likely N-dealkylation sites (tertiary alicyclic amines) is 1. The van der Waals surface area contributed by atoms with Gasteiger partial charge in [0.2, 0.25) is 0 Å². The lowest BCUT2D eigenvalue weighted by molar-refractivity contribution is 0.192. The van der Waals surface area contributed by atoms with E-state index >= 15 is 0 Å². The van der Waals surface area contributed by atoms with Gasteiger partial charge in [-0.05, 0) is 44.7 Å². The molecule has 0 amide bonds. The third-order valence-electron chi connectivity index (χ3n) is 4.89. The van der Waals surface area contributed by atoms with Crippen LogP contribution in [0.4, 0.5) is 0 Å². The van der Waals surface area contributed by atoms with E-state index in [0.717, 1.165) is 12.5 Å². The Morgan fingerprint density at radius 3 is 2.53 bits per heavy atom. The summed E-state index contributed by atoms with van der Waals surface area (Å²) in [5.74, 6) is 0.966. The van der Waals surface area contributed by atoms with Crippen LogP contribution in [0.5, 0.6) is 0 Å². The van der Waals surface area contributed by atoms with E-state index in [-0.39, 0.29) is 0 Å². The average molecular weight is 268 g/mol. The van der Waals surface area contributed by atoms with Crippen molar-refractivity contribution in [1.82, 2.24) is 4.90 Å². The minimum absolute atomic E-state index is 0.650. The molecule has 0 aromatic heterocycles. The molecule has 1 aliphatic heterocycles. The molecule has 1 saturated heterocycles. The lowest BCUT2D eigenvalue weighted by atomic mass is 9.98. The van der Waals surface area contributed by atoms with Gasteiger partial charge in [0.05, 0.1) is 0 Å². The average Bonchev–Trinajstić information content (AvgIpc) is 2.68. The van der Waals surface area contributed by atoms with Crippen LogP contribution in [0.2, 0.25) is 0 Å². The monoisotopic (exact) mass is 268 g/mol. The molecule has 114 valence electrons. The Kier molecular flexibility index (Phi) is 9.54. The summed E-state index contributed by atoms with van der Waals surface area (Å²) in [6.45, 7) is 8.05. The van der Waals surface area contributed by atoms with Crippen molar-refractivity contribution in [2.75, 3.05) is 19.6 Å². The lowest BCUT2D eigenvalue weighted by Crippen LogP contribution is -2.41. The summed E-state index contributed by atoms with van der Waals surface area (Å²) < 4.78 is 0. The number of rotatable bonds is 9. The summed E-state index contributed by atoms with van der Waals surface area (Å²) in [4.78, 5) is 2.69. The van der Waals surface area contributed by atoms with E-state index in [1.807, 2.05) is 0 Å². The predicted octanol–water partition coefficient (Wildman–Crippen LogP) is 4.19. The Bertz CT molecular complexity index is 205. The molecule has 2 heteroatoms. The van der Waals surface area contributed by atoms with E-state index in [1.54, 1.807) is 0 Å². The largest absolute Gasteiger partial charge is 0.329 e. The third-order valence-corrected chi connectivity index (χ3v) is 4.89. The topological polar surface area (TPSA) is 29.3 Å². The van der Waals surface area contributed by atoms with E-state index in [2.05, 4.69) is 18.7 Å². The van der Waals surface area contributed by atoms with Gasteiger partial charge in [0, 0.05) is 12.6 Å². The van der Waals surface area contributed by atoms with Crippen LogP contribution >= 0.6 is 0 Å². The Balaban J connectivity index is 2.25. The second-order valence-electron chi connectivity index (χ2n) is 6.33. The number of nitrogens with two attached hydrogens (primary N) is 1. The fourth-order valence-corrected chi connectivity index (χ4v) is 3.39. The highest BCUT2D eigenvalue weighted by Gasteiger charge is 2.21. The van der Waals surface area contributed by atoms with Crippen molar-refractivity contribution in [3.05, 3.63) is 0 Å². The molecule has 0 radical (unpaired) electrons. The molecule has 0 bridgehead atoms. The summed E-state index contributed by atoms with van der Waals surface area (Å²) in [7, 11) is 0. The zero-order valence-electron chi connectivity index (χ0n) is 13.4. The zero-order valence-corrected chi connectivity index (χ0v) is 13.4. The van der Waals surface area contributed by atoms with Crippen molar-refractivity contribution < 1.29 is 0 Å². The van der Waals surface area contributed by atoms with Crippen LogP contribution in [0.25, 0.3) is 0 Å². The molecule has 0 aromatic carbocycles. The number of unbranched alkanes of at least 4 members (excludes halogenated alkanes) is 4. The SMILES string of the molecule is CCCCCCCC(CN)N1CCCC(CC)CC1. The highest BCUT2D eigenvalue weighted by Crippen LogP contribution is 2.22. The van der Waals surface area contributed by atoms with Crippen LogP contribution in [-0.2, 0) is 0 Å². The molecule has 0 saturated carbocycles. The molecule has 2 atom stereocenters. The van der Waals surface area contributed by atoms with Crippen molar-refractivity contribution in [2.24, 2.45) is 11.7 Å². The smallest absolute Gasteiger partial charge is 0.0218 e. The maximum absolute atomic E-state index is 6.02. The van der Waals surface area contributed by atoms with E-state index in [0.29, 0.717) is 6.04 Å². The van der Waals surface area contributed by atoms with E-state index in [9.17, 15) is 0 Å². The van der Waals surface area contributed by atoms with Gasteiger partial charge in [-0.25, -0.2) is 0 Å². The fourth-order valence-electron chi connectivity index (χ4n) is 3.39. The summed E-state index contributed by atoms with van der Waals surface area (Å²) in [6, 6.07) is 0.650. The molecule has 2 nitrogen and oxygen atoms in total. The number of hydrogen-bond acceptors (Lipinski definition) is 2. The second-order valence-corrected chi connectivity index (χ2v) is 6.33. The third kappa shape index (κ3) is 6.76. The summed E-state index contributed by atoms with van der Waals surface area (Å²) >= 11 is 0. The van der Waals surface area contributed by atoms with Crippen LogP contribution in [-0.4, -0.2) is 30.6 Å². The highest BCUT2D eigenvalue weighted by atomic mass is 15.2. The molecule has 1 fully saturated rings. The minimum atomic E-state index is 0.650. The molecule has 1 aliphatic rings. The van der Waals surface area contributed by atoms with Gasteiger partial charge in [0.1, 0.15) is 0 Å². The van der Waals surface area contributed by atoms with Crippen LogP contribution in [0.3, 0.4) is 0 Å². The van der Waals surface area contributed by atoms with Crippen LogP contribution in [0.1, 0.15) is 78.1 Å². The molecule has 0 spiro atoms. The van der Waals surface area contributed by atoms with Crippen LogP contribution in [0.15, 0.2) is 0 Å². The standard InChI is InChI=1S/C17H36N2/c1-3-5-6-7-8-11-17(15-18)19-13-9-10-16(4-2)12-14-19/h16-17H,3-15,18H2,1-2H3. The first-order valence-electron chi connectivity index (χ1n) is 8.75. The summed E-state index contributed by atoms with van der Waals surface area (Å²) in [6.07, 6.45) is 13.8. The first kappa shape index (κ1) is 17.0. The lowest BCUT2D eigenvalue weighted by Gasteiger charge is -2.30. The molecular weight excluding hydrogens is 232 g/mol.